The topological polar surface area (TPSA) is 77.8 Å². The Bertz CT molecular complexity index is 737. The highest BCUT2D eigenvalue weighted by molar-refractivity contribution is 7.10. The third kappa shape index (κ3) is 2.45. The second-order valence-electron chi connectivity index (χ2n) is 4.29. The third-order valence-electron chi connectivity index (χ3n) is 2.64. The maximum Gasteiger partial charge on any atom is 0.277 e. The summed E-state index contributed by atoms with van der Waals surface area (Å²) in [5.41, 5.74) is 6.90. The molecule has 0 aliphatic rings. The van der Waals surface area contributed by atoms with Crippen molar-refractivity contribution in [2.24, 2.45) is 5.73 Å². The number of aromatic nitrogens is 3. The standard InChI is InChI=1S/C13H11FN4OS/c1-7(15)13-16-10(6-20-13)12-17-11(18-19-12)8-3-2-4-9(14)5-8/h2-7H,15H2,1H3. The molecule has 5 nitrogen and oxygen atoms in total. The first-order valence-electron chi connectivity index (χ1n) is 5.94. The molecule has 2 aromatic heterocycles. The average molecular weight is 290 g/mol. The summed E-state index contributed by atoms with van der Waals surface area (Å²) in [5, 5.41) is 6.44. The van der Waals surface area contributed by atoms with Gasteiger partial charge in [-0.15, -0.1) is 11.3 Å². The molecule has 0 amide bonds. The van der Waals surface area contributed by atoms with Gasteiger partial charge in [-0.05, 0) is 19.1 Å². The fourth-order valence-corrected chi connectivity index (χ4v) is 2.42. The molecule has 0 aliphatic carbocycles. The molecule has 2 heterocycles. The summed E-state index contributed by atoms with van der Waals surface area (Å²) < 4.78 is 18.3. The first kappa shape index (κ1) is 12.9. The Morgan fingerprint density at radius 3 is 2.90 bits per heavy atom. The predicted octanol–water partition coefficient (Wildman–Crippen LogP) is 3.02. The molecule has 3 rings (SSSR count). The van der Waals surface area contributed by atoms with Crippen LogP contribution in [0.2, 0.25) is 0 Å². The van der Waals surface area contributed by atoms with Crippen LogP contribution < -0.4 is 5.73 Å². The van der Waals surface area contributed by atoms with E-state index in [2.05, 4.69) is 15.1 Å². The lowest BCUT2D eigenvalue weighted by Crippen LogP contribution is -2.03. The van der Waals surface area contributed by atoms with Crippen molar-refractivity contribution in [2.75, 3.05) is 0 Å². The van der Waals surface area contributed by atoms with Crippen molar-refractivity contribution in [1.82, 2.24) is 15.1 Å². The van der Waals surface area contributed by atoms with E-state index in [4.69, 9.17) is 10.3 Å². The fraction of sp³-hybridized carbons (Fsp3) is 0.154. The van der Waals surface area contributed by atoms with Crippen molar-refractivity contribution >= 4 is 11.3 Å². The first-order valence-corrected chi connectivity index (χ1v) is 6.82. The number of rotatable bonds is 3. The molecule has 102 valence electrons. The molecule has 7 heteroatoms. The number of nitrogens with zero attached hydrogens (tertiary/aromatic N) is 3. The van der Waals surface area contributed by atoms with Crippen LogP contribution in [0.3, 0.4) is 0 Å². The van der Waals surface area contributed by atoms with Crippen molar-refractivity contribution < 1.29 is 8.91 Å². The Morgan fingerprint density at radius 1 is 1.35 bits per heavy atom. The molecule has 0 radical (unpaired) electrons. The summed E-state index contributed by atoms with van der Waals surface area (Å²) in [6.45, 7) is 1.86. The van der Waals surface area contributed by atoms with Gasteiger partial charge in [0, 0.05) is 10.9 Å². The highest BCUT2D eigenvalue weighted by atomic mass is 32.1. The van der Waals surface area contributed by atoms with Gasteiger partial charge in [0.25, 0.3) is 5.89 Å². The van der Waals surface area contributed by atoms with Crippen molar-refractivity contribution in [1.29, 1.82) is 0 Å². The van der Waals surface area contributed by atoms with Gasteiger partial charge in [0.05, 0.1) is 6.04 Å². The number of hydrogen-bond acceptors (Lipinski definition) is 6. The summed E-state index contributed by atoms with van der Waals surface area (Å²) in [7, 11) is 0. The van der Waals surface area contributed by atoms with Gasteiger partial charge in [-0.1, -0.05) is 17.3 Å². The molecular formula is C13H11FN4OS. The Hall–Kier alpha value is -2.12. The lowest BCUT2D eigenvalue weighted by Gasteiger charge is -1.95. The third-order valence-corrected chi connectivity index (χ3v) is 3.69. The SMILES string of the molecule is CC(N)c1nc(-c2nc(-c3cccc(F)c3)no2)cs1. The van der Waals surface area contributed by atoms with Gasteiger partial charge in [0.2, 0.25) is 5.82 Å². The smallest absolute Gasteiger partial charge is 0.277 e. The molecule has 2 N–H and O–H groups in total. The van der Waals surface area contributed by atoms with Gasteiger partial charge in [-0.3, -0.25) is 0 Å². The zero-order chi connectivity index (χ0) is 14.1. The van der Waals surface area contributed by atoms with E-state index >= 15 is 0 Å². The van der Waals surface area contributed by atoms with Crippen molar-refractivity contribution in [3.05, 3.63) is 40.5 Å². The summed E-state index contributed by atoms with van der Waals surface area (Å²) in [6.07, 6.45) is 0. The maximum absolute atomic E-state index is 13.2. The molecule has 3 aromatic rings. The summed E-state index contributed by atoms with van der Waals surface area (Å²) in [4.78, 5) is 8.55. The van der Waals surface area contributed by atoms with E-state index in [1.165, 1.54) is 23.5 Å². The minimum atomic E-state index is -0.346. The van der Waals surface area contributed by atoms with Crippen LogP contribution in [0.5, 0.6) is 0 Å². The molecule has 0 bridgehead atoms. The van der Waals surface area contributed by atoms with Gasteiger partial charge < -0.3 is 10.3 Å². The lowest BCUT2D eigenvalue weighted by molar-refractivity contribution is 0.431. The van der Waals surface area contributed by atoms with Gasteiger partial charge in [-0.25, -0.2) is 9.37 Å². The van der Waals surface area contributed by atoms with Crippen LogP contribution in [-0.2, 0) is 0 Å². The maximum atomic E-state index is 13.2. The Labute approximate surface area is 118 Å². The summed E-state index contributed by atoms with van der Waals surface area (Å²) in [5.74, 6) is 0.281. The van der Waals surface area contributed by atoms with Crippen LogP contribution in [0.15, 0.2) is 34.2 Å². The largest absolute Gasteiger partial charge is 0.332 e. The number of halogens is 1. The normalized spacial score (nSPS) is 12.6. The monoisotopic (exact) mass is 290 g/mol. The summed E-state index contributed by atoms with van der Waals surface area (Å²) >= 11 is 1.44. The second-order valence-corrected chi connectivity index (χ2v) is 5.18. The Morgan fingerprint density at radius 2 is 2.20 bits per heavy atom. The molecule has 0 fully saturated rings. The average Bonchev–Trinajstić information content (AvgIpc) is 3.08. The van der Waals surface area contributed by atoms with E-state index in [1.807, 2.05) is 12.3 Å². The van der Waals surface area contributed by atoms with Crippen LogP contribution in [0, 0.1) is 5.82 Å². The van der Waals surface area contributed by atoms with Crippen LogP contribution in [-0.4, -0.2) is 15.1 Å². The number of hydrogen-bond donors (Lipinski definition) is 1. The number of nitrogens with two attached hydrogens (primary N) is 1. The first-order chi connectivity index (χ1) is 9.63. The fourth-order valence-electron chi connectivity index (χ4n) is 1.67. The van der Waals surface area contributed by atoms with Gasteiger partial charge in [-0.2, -0.15) is 4.98 Å². The quantitative estimate of drug-likeness (QED) is 0.802. The molecule has 0 aliphatic heterocycles. The minimum Gasteiger partial charge on any atom is -0.332 e. The van der Waals surface area contributed by atoms with Gasteiger partial charge in [0.1, 0.15) is 16.5 Å². The van der Waals surface area contributed by atoms with Crippen LogP contribution in [0.1, 0.15) is 18.0 Å². The zero-order valence-electron chi connectivity index (χ0n) is 10.6. The number of thiazole rings is 1. The molecular weight excluding hydrogens is 279 g/mol. The van der Waals surface area contributed by atoms with E-state index in [-0.39, 0.29) is 11.9 Å². The lowest BCUT2D eigenvalue weighted by atomic mass is 10.2. The minimum absolute atomic E-state index is 0.139. The Balaban J connectivity index is 1.93. The zero-order valence-corrected chi connectivity index (χ0v) is 11.4. The molecule has 20 heavy (non-hydrogen) atoms. The molecule has 1 unspecified atom stereocenters. The molecule has 1 aromatic carbocycles. The van der Waals surface area contributed by atoms with Gasteiger partial charge in [0.15, 0.2) is 0 Å². The van der Waals surface area contributed by atoms with E-state index in [0.29, 0.717) is 23.0 Å². The van der Waals surface area contributed by atoms with E-state index in [9.17, 15) is 4.39 Å². The summed E-state index contributed by atoms with van der Waals surface area (Å²) in [6, 6.07) is 5.88. The molecule has 0 saturated carbocycles. The predicted molar refractivity (Wildman–Crippen MR) is 73.4 cm³/mol. The van der Waals surface area contributed by atoms with E-state index in [0.717, 1.165) is 5.01 Å². The molecule has 0 saturated heterocycles. The highest BCUT2D eigenvalue weighted by Crippen LogP contribution is 2.25. The van der Waals surface area contributed by atoms with Crippen LogP contribution in [0.25, 0.3) is 23.0 Å². The highest BCUT2D eigenvalue weighted by Gasteiger charge is 2.15. The second kappa shape index (κ2) is 5.10. The molecule has 0 spiro atoms. The Kier molecular flexibility index (Phi) is 3.29. The number of benzene rings is 1. The van der Waals surface area contributed by atoms with Crippen LogP contribution in [0.4, 0.5) is 4.39 Å². The van der Waals surface area contributed by atoms with E-state index in [1.54, 1.807) is 12.1 Å². The van der Waals surface area contributed by atoms with Crippen molar-refractivity contribution in [2.45, 2.75) is 13.0 Å². The van der Waals surface area contributed by atoms with Crippen molar-refractivity contribution in [3.8, 4) is 23.0 Å². The van der Waals surface area contributed by atoms with Crippen LogP contribution >= 0.6 is 11.3 Å². The molecule has 1 atom stereocenters. The van der Waals surface area contributed by atoms with E-state index < -0.39 is 0 Å². The van der Waals surface area contributed by atoms with Gasteiger partial charge >= 0.3 is 0 Å². The van der Waals surface area contributed by atoms with Crippen molar-refractivity contribution in [3.63, 3.8) is 0 Å².